The largest absolute Gasteiger partial charge is 0.379 e. The first-order valence-electron chi connectivity index (χ1n) is 8.56. The second kappa shape index (κ2) is 8.53. The lowest BCUT2D eigenvalue weighted by Gasteiger charge is -2.06. The van der Waals surface area contributed by atoms with E-state index in [0.29, 0.717) is 12.5 Å². The summed E-state index contributed by atoms with van der Waals surface area (Å²) in [7, 11) is 1.72. The van der Waals surface area contributed by atoms with Crippen LogP contribution in [-0.4, -0.2) is 12.1 Å². The molecule has 6 heteroatoms. The molecule has 1 aromatic carbocycles. The minimum absolute atomic E-state index is 0.563. The minimum Gasteiger partial charge on any atom is -0.379 e. The maximum Gasteiger partial charge on any atom is 0.188 e. The number of benzene rings is 1. The Balaban J connectivity index is 1.96. The van der Waals surface area contributed by atoms with Gasteiger partial charge in [0.1, 0.15) is 0 Å². The molecule has 2 aromatic heterocycles. The van der Waals surface area contributed by atoms with Crippen molar-refractivity contribution in [3.8, 4) is 11.3 Å². The van der Waals surface area contributed by atoms with Gasteiger partial charge in [-0.25, -0.2) is 4.98 Å². The van der Waals surface area contributed by atoms with Crippen LogP contribution in [0.2, 0.25) is 5.02 Å². The summed E-state index contributed by atoms with van der Waals surface area (Å²) in [5.41, 5.74) is 4.24. The van der Waals surface area contributed by atoms with Crippen molar-refractivity contribution in [1.29, 1.82) is 0 Å². The topological polar surface area (TPSA) is 34.1 Å². The average molecular weight is 407 g/mol. The number of nitrogens with one attached hydrogen (secondary N) is 1. The quantitative estimate of drug-likeness (QED) is 0.462. The highest BCUT2D eigenvalue weighted by Gasteiger charge is 2.16. The molecular weight excluding hydrogens is 384 g/mol. The number of anilines is 2. The van der Waals surface area contributed by atoms with Gasteiger partial charge in [-0.2, -0.15) is 0 Å². The van der Waals surface area contributed by atoms with Crippen molar-refractivity contribution < 1.29 is 4.74 Å². The van der Waals surface area contributed by atoms with Crippen molar-refractivity contribution in [1.82, 2.24) is 4.98 Å². The Labute approximate surface area is 168 Å². The standard InChI is InChI=1S/C20H23ClN2OS2/c1-12(2)9-17-19(14-6-5-13(3)15(21)10-14)23-20(26-17)22-16-7-8-25-18(16)11-24-4/h5-8,10,12H,9,11H2,1-4H3,(H,22,23). The van der Waals surface area contributed by atoms with Gasteiger partial charge in [-0.05, 0) is 42.3 Å². The van der Waals surface area contributed by atoms with Gasteiger partial charge in [0.25, 0.3) is 0 Å². The molecule has 0 amide bonds. The SMILES string of the molecule is COCc1sccc1Nc1nc(-c2ccc(C)c(Cl)c2)c(CC(C)C)s1. The van der Waals surface area contributed by atoms with E-state index < -0.39 is 0 Å². The van der Waals surface area contributed by atoms with Gasteiger partial charge in [0.05, 0.1) is 22.9 Å². The second-order valence-electron chi connectivity index (χ2n) is 6.67. The van der Waals surface area contributed by atoms with Crippen LogP contribution in [0.4, 0.5) is 10.8 Å². The Morgan fingerprint density at radius 1 is 1.23 bits per heavy atom. The van der Waals surface area contributed by atoms with Gasteiger partial charge in [0.2, 0.25) is 0 Å². The van der Waals surface area contributed by atoms with Crippen molar-refractivity contribution in [3.63, 3.8) is 0 Å². The Hall–Kier alpha value is -1.40. The molecule has 0 radical (unpaired) electrons. The molecule has 138 valence electrons. The molecule has 0 saturated carbocycles. The number of aromatic nitrogens is 1. The third-order valence-corrected chi connectivity index (χ3v) is 6.29. The zero-order valence-electron chi connectivity index (χ0n) is 15.4. The van der Waals surface area contributed by atoms with E-state index in [2.05, 4.69) is 42.7 Å². The van der Waals surface area contributed by atoms with Gasteiger partial charge in [0, 0.05) is 22.6 Å². The van der Waals surface area contributed by atoms with Gasteiger partial charge in [-0.1, -0.05) is 37.6 Å². The van der Waals surface area contributed by atoms with Crippen LogP contribution in [0, 0.1) is 12.8 Å². The highest BCUT2D eigenvalue weighted by atomic mass is 35.5. The molecule has 0 bridgehead atoms. The summed E-state index contributed by atoms with van der Waals surface area (Å²) in [6, 6.07) is 8.25. The van der Waals surface area contributed by atoms with E-state index in [1.54, 1.807) is 29.8 Å². The maximum atomic E-state index is 6.35. The van der Waals surface area contributed by atoms with Crippen molar-refractivity contribution in [2.45, 2.75) is 33.8 Å². The first kappa shape index (κ1) is 19.4. The van der Waals surface area contributed by atoms with Crippen LogP contribution in [-0.2, 0) is 17.8 Å². The molecule has 0 spiro atoms. The lowest BCUT2D eigenvalue weighted by molar-refractivity contribution is 0.188. The van der Waals surface area contributed by atoms with Crippen molar-refractivity contribution >= 4 is 45.1 Å². The van der Waals surface area contributed by atoms with Crippen LogP contribution in [0.25, 0.3) is 11.3 Å². The van der Waals surface area contributed by atoms with Crippen LogP contribution in [0.3, 0.4) is 0 Å². The van der Waals surface area contributed by atoms with E-state index in [4.69, 9.17) is 21.3 Å². The summed E-state index contributed by atoms with van der Waals surface area (Å²) in [6.45, 7) is 7.08. The molecule has 3 aromatic rings. The number of thiazole rings is 1. The number of aryl methyl sites for hydroxylation is 1. The molecule has 3 rings (SSSR count). The number of hydrogen-bond donors (Lipinski definition) is 1. The average Bonchev–Trinajstić information content (AvgIpc) is 3.18. The molecule has 0 aliphatic rings. The summed E-state index contributed by atoms with van der Waals surface area (Å²) in [5, 5.41) is 7.23. The van der Waals surface area contributed by atoms with Crippen molar-refractivity contribution in [2.24, 2.45) is 5.92 Å². The minimum atomic E-state index is 0.563. The molecule has 0 fully saturated rings. The lowest BCUT2D eigenvalue weighted by Crippen LogP contribution is -1.94. The van der Waals surface area contributed by atoms with Crippen LogP contribution in [0.5, 0.6) is 0 Å². The van der Waals surface area contributed by atoms with E-state index >= 15 is 0 Å². The summed E-state index contributed by atoms with van der Waals surface area (Å²) < 4.78 is 5.28. The lowest BCUT2D eigenvalue weighted by atomic mass is 10.0. The second-order valence-corrected chi connectivity index (χ2v) is 9.16. The number of methoxy groups -OCH3 is 1. The zero-order valence-corrected chi connectivity index (χ0v) is 17.8. The molecule has 3 nitrogen and oxygen atoms in total. The predicted octanol–water partition coefficient (Wildman–Crippen LogP) is 6.92. The zero-order chi connectivity index (χ0) is 18.7. The van der Waals surface area contributed by atoms with Crippen LogP contribution in [0.15, 0.2) is 29.6 Å². The highest BCUT2D eigenvalue weighted by Crippen LogP contribution is 2.37. The Bertz CT molecular complexity index is 886. The summed E-state index contributed by atoms with van der Waals surface area (Å²) in [6.07, 6.45) is 0.995. The summed E-state index contributed by atoms with van der Waals surface area (Å²) in [4.78, 5) is 7.35. The van der Waals surface area contributed by atoms with E-state index in [9.17, 15) is 0 Å². The molecule has 0 aliphatic heterocycles. The van der Waals surface area contributed by atoms with Gasteiger partial charge >= 0.3 is 0 Å². The number of ether oxygens (including phenoxy) is 1. The normalized spacial score (nSPS) is 11.3. The van der Waals surface area contributed by atoms with Crippen LogP contribution < -0.4 is 5.32 Å². The number of thiophene rings is 1. The van der Waals surface area contributed by atoms with Crippen molar-refractivity contribution in [2.75, 3.05) is 12.4 Å². The number of halogens is 1. The van der Waals surface area contributed by atoms with E-state index in [1.165, 1.54) is 9.75 Å². The van der Waals surface area contributed by atoms with E-state index in [0.717, 1.165) is 39.1 Å². The molecule has 0 saturated heterocycles. The van der Waals surface area contributed by atoms with Gasteiger partial charge in [-0.15, -0.1) is 22.7 Å². The first-order valence-corrected chi connectivity index (χ1v) is 10.6. The van der Waals surface area contributed by atoms with Gasteiger partial charge < -0.3 is 10.1 Å². The third-order valence-electron chi connectivity index (χ3n) is 4.00. The van der Waals surface area contributed by atoms with E-state index in [-0.39, 0.29) is 0 Å². The van der Waals surface area contributed by atoms with Gasteiger partial charge in [-0.3, -0.25) is 0 Å². The van der Waals surface area contributed by atoms with E-state index in [1.807, 2.05) is 13.0 Å². The number of rotatable bonds is 7. The molecule has 2 heterocycles. The fourth-order valence-electron chi connectivity index (χ4n) is 2.69. The van der Waals surface area contributed by atoms with Gasteiger partial charge in [0.15, 0.2) is 5.13 Å². The fourth-order valence-corrected chi connectivity index (χ4v) is 4.88. The molecule has 1 N–H and O–H groups in total. The molecule has 0 atom stereocenters. The Morgan fingerprint density at radius 3 is 2.73 bits per heavy atom. The highest BCUT2D eigenvalue weighted by molar-refractivity contribution is 7.16. The Kier molecular flexibility index (Phi) is 6.35. The van der Waals surface area contributed by atoms with Crippen LogP contribution in [0.1, 0.15) is 29.2 Å². The first-order chi connectivity index (χ1) is 12.5. The summed E-state index contributed by atoms with van der Waals surface area (Å²) >= 11 is 9.75. The maximum absolute atomic E-state index is 6.35. The third kappa shape index (κ3) is 4.46. The van der Waals surface area contributed by atoms with Crippen molar-refractivity contribution in [3.05, 3.63) is 50.0 Å². The molecular formula is C20H23ClN2OS2. The number of nitrogens with zero attached hydrogens (tertiary/aromatic N) is 1. The molecule has 0 aliphatic carbocycles. The molecule has 0 unspecified atom stereocenters. The van der Waals surface area contributed by atoms with Crippen LogP contribution >= 0.6 is 34.3 Å². The smallest absolute Gasteiger partial charge is 0.188 e. The predicted molar refractivity (Wildman–Crippen MR) is 114 cm³/mol. The Morgan fingerprint density at radius 2 is 2.04 bits per heavy atom. The monoisotopic (exact) mass is 406 g/mol. The number of hydrogen-bond acceptors (Lipinski definition) is 5. The summed E-state index contributed by atoms with van der Waals surface area (Å²) in [5.74, 6) is 0.563. The fraction of sp³-hybridized carbons (Fsp3) is 0.350. The molecule has 26 heavy (non-hydrogen) atoms.